The molecule has 0 fully saturated rings. The number of carbonyl (C=O) groups excluding carboxylic acids is 2. The standard InChI is InChI=1S/C15H21NO4/c1-6-19-13(17)12-8-7-11(2)9-16(10-12)14(18)20-15(3,4)5/h7-8,10H,2,6,9H2,1,3-5H3. The molecule has 20 heavy (non-hydrogen) atoms. The van der Waals surface area contributed by atoms with Crippen molar-refractivity contribution < 1.29 is 19.1 Å². The third kappa shape index (κ3) is 4.91. The van der Waals surface area contributed by atoms with E-state index in [9.17, 15) is 9.59 Å². The number of rotatable bonds is 2. The predicted octanol–water partition coefficient (Wildman–Crippen LogP) is 2.80. The van der Waals surface area contributed by atoms with E-state index in [0.717, 1.165) is 0 Å². The van der Waals surface area contributed by atoms with E-state index >= 15 is 0 Å². The number of amides is 1. The topological polar surface area (TPSA) is 55.8 Å². The van der Waals surface area contributed by atoms with Crippen molar-refractivity contribution in [1.82, 2.24) is 4.90 Å². The maximum Gasteiger partial charge on any atom is 0.414 e. The molecule has 0 aromatic carbocycles. The Balaban J connectivity index is 2.94. The van der Waals surface area contributed by atoms with Gasteiger partial charge in [-0.3, -0.25) is 4.90 Å². The summed E-state index contributed by atoms with van der Waals surface area (Å²) < 4.78 is 10.2. The Morgan fingerprint density at radius 1 is 1.35 bits per heavy atom. The Morgan fingerprint density at radius 2 is 2.00 bits per heavy atom. The number of carbonyl (C=O) groups is 2. The molecule has 1 aliphatic heterocycles. The highest BCUT2D eigenvalue weighted by Gasteiger charge is 2.23. The van der Waals surface area contributed by atoms with E-state index in [1.807, 2.05) is 0 Å². The smallest absolute Gasteiger partial charge is 0.414 e. The molecule has 5 nitrogen and oxygen atoms in total. The summed E-state index contributed by atoms with van der Waals surface area (Å²) in [5.41, 5.74) is 0.388. The van der Waals surface area contributed by atoms with Crippen LogP contribution in [0.1, 0.15) is 27.7 Å². The fourth-order valence-corrected chi connectivity index (χ4v) is 1.51. The van der Waals surface area contributed by atoms with Crippen LogP contribution in [0, 0.1) is 0 Å². The minimum absolute atomic E-state index is 0.272. The molecule has 110 valence electrons. The molecule has 0 aromatic rings. The Bertz CT molecular complexity index is 469. The second-order valence-electron chi connectivity index (χ2n) is 5.40. The highest BCUT2D eigenvalue weighted by Crippen LogP contribution is 2.16. The molecule has 0 unspecified atom stereocenters. The molecule has 1 amide bonds. The van der Waals surface area contributed by atoms with Gasteiger partial charge >= 0.3 is 12.1 Å². The van der Waals surface area contributed by atoms with Crippen LogP contribution >= 0.6 is 0 Å². The van der Waals surface area contributed by atoms with Gasteiger partial charge in [-0.05, 0) is 39.3 Å². The fraction of sp³-hybridized carbons (Fsp3) is 0.467. The first-order valence-electron chi connectivity index (χ1n) is 6.47. The Hall–Kier alpha value is -2.04. The summed E-state index contributed by atoms with van der Waals surface area (Å²) in [6.45, 7) is 11.4. The number of nitrogens with zero attached hydrogens (tertiary/aromatic N) is 1. The highest BCUT2D eigenvalue weighted by molar-refractivity contribution is 5.92. The van der Waals surface area contributed by atoms with Gasteiger partial charge in [0.2, 0.25) is 0 Å². The van der Waals surface area contributed by atoms with Crippen molar-refractivity contribution in [2.24, 2.45) is 0 Å². The van der Waals surface area contributed by atoms with Crippen LogP contribution in [0.25, 0.3) is 0 Å². The van der Waals surface area contributed by atoms with Crippen molar-refractivity contribution in [1.29, 1.82) is 0 Å². The largest absolute Gasteiger partial charge is 0.462 e. The summed E-state index contributed by atoms with van der Waals surface area (Å²) >= 11 is 0. The van der Waals surface area contributed by atoms with Crippen molar-refractivity contribution in [3.63, 3.8) is 0 Å². The molecule has 0 atom stereocenters. The molecule has 0 N–H and O–H groups in total. The molecule has 0 radical (unpaired) electrons. The van der Waals surface area contributed by atoms with Crippen LogP contribution in [0.5, 0.6) is 0 Å². The van der Waals surface area contributed by atoms with Crippen molar-refractivity contribution >= 4 is 12.1 Å². The lowest BCUT2D eigenvalue weighted by Gasteiger charge is -2.25. The molecule has 0 aromatic heterocycles. The predicted molar refractivity (Wildman–Crippen MR) is 75.9 cm³/mol. The lowest BCUT2D eigenvalue weighted by Crippen LogP contribution is -2.34. The molecule has 1 heterocycles. The maximum absolute atomic E-state index is 12.1. The third-order valence-electron chi connectivity index (χ3n) is 2.31. The van der Waals surface area contributed by atoms with Gasteiger partial charge in [-0.15, -0.1) is 0 Å². The molecule has 0 bridgehead atoms. The first-order valence-corrected chi connectivity index (χ1v) is 6.47. The molecule has 1 aliphatic rings. The van der Waals surface area contributed by atoms with Crippen LogP contribution in [-0.2, 0) is 14.3 Å². The van der Waals surface area contributed by atoms with Gasteiger partial charge in [-0.25, -0.2) is 9.59 Å². The van der Waals surface area contributed by atoms with Gasteiger partial charge in [-0.1, -0.05) is 12.7 Å². The zero-order valence-corrected chi connectivity index (χ0v) is 12.4. The van der Waals surface area contributed by atoms with E-state index in [0.29, 0.717) is 5.57 Å². The van der Waals surface area contributed by atoms with Crippen molar-refractivity contribution in [2.45, 2.75) is 33.3 Å². The van der Waals surface area contributed by atoms with Gasteiger partial charge < -0.3 is 9.47 Å². The SMILES string of the molecule is C=C1C=CC(C(=O)OCC)=CN(C(=O)OC(C)(C)C)C1. The highest BCUT2D eigenvalue weighted by atomic mass is 16.6. The van der Waals surface area contributed by atoms with E-state index in [4.69, 9.17) is 9.47 Å². The quantitative estimate of drug-likeness (QED) is 0.729. The minimum atomic E-state index is -0.601. The summed E-state index contributed by atoms with van der Waals surface area (Å²) in [5.74, 6) is -0.480. The lowest BCUT2D eigenvalue weighted by molar-refractivity contribution is -0.138. The zero-order valence-electron chi connectivity index (χ0n) is 12.4. The molecular weight excluding hydrogens is 258 g/mol. The summed E-state index contributed by atoms with van der Waals surface area (Å²) in [4.78, 5) is 25.2. The first-order chi connectivity index (χ1) is 9.23. The van der Waals surface area contributed by atoms with Gasteiger partial charge in [0.1, 0.15) is 5.60 Å². The van der Waals surface area contributed by atoms with Gasteiger partial charge in [0, 0.05) is 6.20 Å². The number of ether oxygens (including phenoxy) is 2. The summed E-state index contributed by atoms with van der Waals surface area (Å²) in [7, 11) is 0. The van der Waals surface area contributed by atoms with Gasteiger partial charge in [0.15, 0.2) is 0 Å². The van der Waals surface area contributed by atoms with Gasteiger partial charge in [-0.2, -0.15) is 0 Å². The van der Waals surface area contributed by atoms with E-state index < -0.39 is 17.7 Å². The van der Waals surface area contributed by atoms with Crippen molar-refractivity contribution in [3.05, 3.63) is 36.1 Å². The molecule has 5 heteroatoms. The molecule has 0 saturated carbocycles. The second-order valence-corrected chi connectivity index (χ2v) is 5.40. The second kappa shape index (κ2) is 6.41. The van der Waals surface area contributed by atoms with Gasteiger partial charge in [0.05, 0.1) is 18.7 Å². The summed E-state index contributed by atoms with van der Waals surface area (Å²) in [5, 5.41) is 0. The van der Waals surface area contributed by atoms with Crippen LogP contribution in [0.15, 0.2) is 36.1 Å². The average molecular weight is 279 g/mol. The van der Waals surface area contributed by atoms with Crippen LogP contribution in [0.2, 0.25) is 0 Å². The van der Waals surface area contributed by atoms with Crippen molar-refractivity contribution in [2.75, 3.05) is 13.2 Å². The van der Waals surface area contributed by atoms with Crippen LogP contribution < -0.4 is 0 Å². The molecular formula is C15H21NO4. The lowest BCUT2D eigenvalue weighted by atomic mass is 10.2. The monoisotopic (exact) mass is 279 g/mol. The molecule has 0 aliphatic carbocycles. The van der Waals surface area contributed by atoms with Crippen molar-refractivity contribution in [3.8, 4) is 0 Å². The first kappa shape index (κ1) is 16.0. The maximum atomic E-state index is 12.1. The van der Waals surface area contributed by atoms with E-state index in [1.165, 1.54) is 11.1 Å². The Morgan fingerprint density at radius 3 is 2.55 bits per heavy atom. The number of esters is 1. The third-order valence-corrected chi connectivity index (χ3v) is 2.31. The molecule has 0 saturated heterocycles. The molecule has 1 rings (SSSR count). The number of hydrogen-bond acceptors (Lipinski definition) is 4. The van der Waals surface area contributed by atoms with Crippen LogP contribution in [-0.4, -0.2) is 35.7 Å². The number of hydrogen-bond donors (Lipinski definition) is 0. The zero-order chi connectivity index (χ0) is 15.3. The van der Waals surface area contributed by atoms with E-state index in [2.05, 4.69) is 6.58 Å². The Labute approximate surface area is 119 Å². The van der Waals surface area contributed by atoms with Crippen LogP contribution in [0.4, 0.5) is 4.79 Å². The average Bonchev–Trinajstić information content (AvgIpc) is 2.49. The summed E-state index contributed by atoms with van der Waals surface area (Å²) in [6, 6.07) is 0. The van der Waals surface area contributed by atoms with Crippen LogP contribution in [0.3, 0.4) is 0 Å². The fourth-order valence-electron chi connectivity index (χ4n) is 1.51. The minimum Gasteiger partial charge on any atom is -0.462 e. The summed E-state index contributed by atoms with van der Waals surface area (Å²) in [6.07, 6.45) is 4.18. The normalized spacial score (nSPS) is 15.5. The van der Waals surface area contributed by atoms with Gasteiger partial charge in [0.25, 0.3) is 0 Å². The van der Waals surface area contributed by atoms with E-state index in [1.54, 1.807) is 39.8 Å². The molecule has 0 spiro atoms. The Kier molecular flexibility index (Phi) is 5.13. The van der Waals surface area contributed by atoms with E-state index in [-0.39, 0.29) is 18.7 Å².